The van der Waals surface area contributed by atoms with Crippen LogP contribution in [0.5, 0.6) is 0 Å². The lowest BCUT2D eigenvalue weighted by molar-refractivity contribution is 0.302. The molecule has 0 fully saturated rings. The first-order chi connectivity index (χ1) is 8.97. The van der Waals surface area contributed by atoms with E-state index in [9.17, 15) is 0 Å². The molecule has 0 unspecified atom stereocenters. The molecule has 0 saturated carbocycles. The summed E-state index contributed by atoms with van der Waals surface area (Å²) in [5.74, 6) is 0. The van der Waals surface area contributed by atoms with E-state index < -0.39 is 8.32 Å². The van der Waals surface area contributed by atoms with Gasteiger partial charge in [0, 0.05) is 6.61 Å². The third-order valence-electron chi connectivity index (χ3n) is 3.17. The molecule has 0 aliphatic rings. The first-order valence-corrected chi connectivity index (χ1v) is 10.8. The minimum absolute atomic E-state index is 0.724. The summed E-state index contributed by atoms with van der Waals surface area (Å²) >= 11 is 0. The lowest BCUT2D eigenvalue weighted by Crippen LogP contribution is -2.31. The fourth-order valence-corrected chi connectivity index (χ4v) is 3.60. The zero-order chi connectivity index (χ0) is 15.1. The molecule has 0 radical (unpaired) electrons. The highest BCUT2D eigenvalue weighted by atomic mass is 28.4. The minimum Gasteiger partial charge on any atom is -0.417 e. The van der Waals surface area contributed by atoms with E-state index in [1.807, 2.05) is 0 Å². The first kappa shape index (κ1) is 21.4. The van der Waals surface area contributed by atoms with Crippen LogP contribution in [0.4, 0.5) is 0 Å². The highest BCUT2D eigenvalue weighted by Crippen LogP contribution is 2.12. The largest absolute Gasteiger partial charge is 0.417 e. The van der Waals surface area contributed by atoms with Gasteiger partial charge in [0.2, 0.25) is 0 Å². The second-order valence-electron chi connectivity index (χ2n) is 5.26. The summed E-state index contributed by atoms with van der Waals surface area (Å²) in [5, 5.41) is 0. The zero-order valence-electron chi connectivity index (χ0n) is 13.9. The maximum absolute atomic E-state index is 5.78. The zero-order valence-corrected chi connectivity index (χ0v) is 14.9. The SMILES string of the molecule is CCN(CC)CC.C[Si](C)(CCCN)OCCCN. The average Bonchev–Trinajstić information content (AvgIpc) is 2.39. The number of rotatable bonds is 10. The molecule has 0 amide bonds. The molecule has 0 aliphatic carbocycles. The monoisotopic (exact) mass is 291 g/mol. The van der Waals surface area contributed by atoms with Gasteiger partial charge >= 0.3 is 0 Å². The average molecular weight is 292 g/mol. The second-order valence-corrected chi connectivity index (χ2v) is 9.57. The van der Waals surface area contributed by atoms with Crippen LogP contribution in [0.25, 0.3) is 0 Å². The summed E-state index contributed by atoms with van der Waals surface area (Å²) in [7, 11) is -1.40. The number of nitrogens with zero attached hydrogens (tertiary/aromatic N) is 1. The fourth-order valence-electron chi connectivity index (χ4n) is 1.70. The molecular weight excluding hydrogens is 254 g/mol. The van der Waals surface area contributed by atoms with Crippen molar-refractivity contribution in [3.8, 4) is 0 Å². The van der Waals surface area contributed by atoms with E-state index in [4.69, 9.17) is 15.9 Å². The molecule has 0 aromatic heterocycles. The van der Waals surface area contributed by atoms with Gasteiger partial charge < -0.3 is 20.8 Å². The predicted octanol–water partition coefficient (Wildman–Crippen LogP) is 2.25. The lowest BCUT2D eigenvalue weighted by atomic mass is 10.5. The van der Waals surface area contributed by atoms with Crippen LogP contribution in [-0.2, 0) is 4.43 Å². The molecule has 0 rings (SSSR count). The third-order valence-corrected chi connectivity index (χ3v) is 5.71. The van der Waals surface area contributed by atoms with Crippen LogP contribution < -0.4 is 11.5 Å². The summed E-state index contributed by atoms with van der Waals surface area (Å²) in [6.07, 6.45) is 2.06. The number of hydrogen-bond acceptors (Lipinski definition) is 4. The minimum atomic E-state index is -1.40. The number of hydrogen-bond donors (Lipinski definition) is 2. The van der Waals surface area contributed by atoms with E-state index in [1.165, 1.54) is 19.6 Å². The van der Waals surface area contributed by atoms with Crippen LogP contribution in [0.2, 0.25) is 19.1 Å². The summed E-state index contributed by atoms with van der Waals surface area (Å²) in [6.45, 7) is 16.9. The maximum atomic E-state index is 5.78. The Morgan fingerprint density at radius 2 is 1.37 bits per heavy atom. The summed E-state index contributed by atoms with van der Waals surface area (Å²) in [5.41, 5.74) is 10.8. The smallest absolute Gasteiger partial charge is 0.186 e. The van der Waals surface area contributed by atoms with Crippen molar-refractivity contribution >= 4 is 8.32 Å². The Morgan fingerprint density at radius 1 is 0.895 bits per heavy atom. The Hall–Kier alpha value is 0.0569. The van der Waals surface area contributed by atoms with Gasteiger partial charge in [0.1, 0.15) is 0 Å². The van der Waals surface area contributed by atoms with Gasteiger partial charge in [-0.15, -0.1) is 0 Å². The van der Waals surface area contributed by atoms with E-state index in [2.05, 4.69) is 38.8 Å². The van der Waals surface area contributed by atoms with Crippen molar-refractivity contribution in [2.24, 2.45) is 11.5 Å². The van der Waals surface area contributed by atoms with Gasteiger partial charge in [-0.1, -0.05) is 20.8 Å². The quantitative estimate of drug-likeness (QED) is 0.479. The molecular formula is C14H37N3OSi. The maximum Gasteiger partial charge on any atom is 0.186 e. The van der Waals surface area contributed by atoms with Gasteiger partial charge in [-0.05, 0) is 64.7 Å². The van der Waals surface area contributed by atoms with Crippen LogP contribution in [0, 0.1) is 0 Å². The summed E-state index contributed by atoms with van der Waals surface area (Å²) in [6, 6.07) is 1.16. The van der Waals surface area contributed by atoms with Crippen LogP contribution in [0.1, 0.15) is 33.6 Å². The molecule has 118 valence electrons. The topological polar surface area (TPSA) is 64.5 Å². The van der Waals surface area contributed by atoms with Gasteiger partial charge in [-0.25, -0.2) is 0 Å². The van der Waals surface area contributed by atoms with Crippen molar-refractivity contribution in [1.82, 2.24) is 4.90 Å². The van der Waals surface area contributed by atoms with Gasteiger partial charge in [-0.2, -0.15) is 0 Å². The van der Waals surface area contributed by atoms with Crippen molar-refractivity contribution in [2.75, 3.05) is 39.3 Å². The Morgan fingerprint density at radius 3 is 1.68 bits per heavy atom. The summed E-state index contributed by atoms with van der Waals surface area (Å²) in [4.78, 5) is 2.38. The van der Waals surface area contributed by atoms with Gasteiger partial charge in [-0.3, -0.25) is 0 Å². The molecule has 0 atom stereocenters. The number of nitrogens with two attached hydrogens (primary N) is 2. The van der Waals surface area contributed by atoms with Crippen LogP contribution in [-0.4, -0.2) is 52.5 Å². The third kappa shape index (κ3) is 16.0. The molecule has 5 heteroatoms. The van der Waals surface area contributed by atoms with Crippen LogP contribution >= 0.6 is 0 Å². The van der Waals surface area contributed by atoms with Gasteiger partial charge in [0.15, 0.2) is 8.32 Å². The van der Waals surface area contributed by atoms with E-state index >= 15 is 0 Å². The molecule has 0 bridgehead atoms. The van der Waals surface area contributed by atoms with Gasteiger partial charge in [0.25, 0.3) is 0 Å². The molecule has 0 aromatic carbocycles. The van der Waals surface area contributed by atoms with Crippen molar-refractivity contribution in [3.05, 3.63) is 0 Å². The Kier molecular flexibility index (Phi) is 16.3. The standard InChI is InChI=1S/C8H22N2OSi.C6H15N/c1-12(2,8-4-6-10)11-7-3-5-9;1-4-7(5-2)6-3/h3-10H2,1-2H3;4-6H2,1-3H3. The Labute approximate surface area is 122 Å². The Balaban J connectivity index is 0. The lowest BCUT2D eigenvalue weighted by Gasteiger charge is -2.22. The second kappa shape index (κ2) is 14.5. The molecule has 4 nitrogen and oxygen atoms in total. The van der Waals surface area contributed by atoms with Crippen molar-refractivity contribution < 1.29 is 4.43 Å². The fraction of sp³-hybridized carbons (Fsp3) is 1.00. The van der Waals surface area contributed by atoms with Gasteiger partial charge in [0.05, 0.1) is 0 Å². The van der Waals surface area contributed by atoms with Crippen molar-refractivity contribution in [2.45, 2.75) is 52.8 Å². The highest BCUT2D eigenvalue weighted by Gasteiger charge is 2.20. The molecule has 19 heavy (non-hydrogen) atoms. The molecule has 0 aromatic rings. The van der Waals surface area contributed by atoms with E-state index in [-0.39, 0.29) is 0 Å². The van der Waals surface area contributed by atoms with E-state index in [0.717, 1.165) is 38.6 Å². The summed E-state index contributed by atoms with van der Waals surface area (Å²) < 4.78 is 5.78. The Bertz CT molecular complexity index is 171. The first-order valence-electron chi connectivity index (χ1n) is 7.73. The molecule has 0 spiro atoms. The molecule has 0 heterocycles. The molecule has 4 N–H and O–H groups in total. The van der Waals surface area contributed by atoms with Crippen LogP contribution in [0.15, 0.2) is 0 Å². The predicted molar refractivity (Wildman–Crippen MR) is 89.0 cm³/mol. The van der Waals surface area contributed by atoms with Crippen molar-refractivity contribution in [1.29, 1.82) is 0 Å². The normalized spacial score (nSPS) is 11.4. The molecule has 0 aliphatic heterocycles. The molecule has 0 saturated heterocycles. The highest BCUT2D eigenvalue weighted by molar-refractivity contribution is 6.71. The van der Waals surface area contributed by atoms with Crippen molar-refractivity contribution in [3.63, 3.8) is 0 Å². The van der Waals surface area contributed by atoms with E-state index in [1.54, 1.807) is 0 Å². The van der Waals surface area contributed by atoms with E-state index in [0.29, 0.717) is 0 Å². The van der Waals surface area contributed by atoms with Crippen LogP contribution in [0.3, 0.4) is 0 Å².